The zero-order chi connectivity index (χ0) is 18.8. The topological polar surface area (TPSA) is 27.7 Å². The quantitative estimate of drug-likeness (QED) is 0.469. The third-order valence-corrected chi connectivity index (χ3v) is 5.75. The molecule has 1 saturated heterocycles. The molecule has 3 aromatic carbocycles. The first kappa shape index (κ1) is 19.5. The molecule has 0 aromatic heterocycles. The molecule has 9 heteroatoms. The van der Waals surface area contributed by atoms with Gasteiger partial charge in [-0.25, -0.2) is 0 Å². The lowest BCUT2D eigenvalue weighted by Crippen LogP contribution is -2.61. The molecule has 0 radical (unpaired) electrons. The maximum absolute atomic E-state index is 6.13. The summed E-state index contributed by atoms with van der Waals surface area (Å²) in [6, 6.07) is 23.7. The maximum atomic E-state index is 6.13. The average molecular weight is 548 g/mol. The molecule has 0 bridgehead atoms. The van der Waals surface area contributed by atoms with Crippen molar-refractivity contribution in [1.29, 1.82) is 0 Å². The predicted molar refractivity (Wildman–Crippen MR) is 122 cm³/mol. The second-order valence-electron chi connectivity index (χ2n) is 6.06. The molecule has 0 spiro atoms. The van der Waals surface area contributed by atoms with Gasteiger partial charge in [0.1, 0.15) is 0 Å². The summed E-state index contributed by atoms with van der Waals surface area (Å²) in [6.07, 6.45) is 0. The van der Waals surface area contributed by atoms with Gasteiger partial charge in [-0.3, -0.25) is 0 Å². The number of hydrogen-bond donors (Lipinski definition) is 0. The molecule has 1 heterocycles. The molecule has 27 heavy (non-hydrogen) atoms. The first-order valence-corrected chi connectivity index (χ1v) is 10.7. The highest BCUT2D eigenvalue weighted by atomic mass is 79.9. The van der Waals surface area contributed by atoms with Gasteiger partial charge in [-0.2, -0.15) is 0 Å². The van der Waals surface area contributed by atoms with E-state index in [9.17, 15) is 0 Å². The Balaban J connectivity index is 1.66. The molecule has 0 atom stereocenters. The molecule has 0 unspecified atom stereocenters. The van der Waals surface area contributed by atoms with Crippen molar-refractivity contribution in [1.82, 2.24) is 0 Å². The lowest BCUT2D eigenvalue weighted by Gasteiger charge is -2.31. The lowest BCUT2D eigenvalue weighted by atomic mass is 9.61. The van der Waals surface area contributed by atoms with Gasteiger partial charge >= 0.3 is 21.4 Å². The number of halogens is 3. The third kappa shape index (κ3) is 4.78. The van der Waals surface area contributed by atoms with E-state index >= 15 is 0 Å². The molecule has 1 aliphatic heterocycles. The largest absolute Gasteiger partial charge is 0.467 e. The van der Waals surface area contributed by atoms with Crippen molar-refractivity contribution in [3.63, 3.8) is 0 Å². The summed E-state index contributed by atoms with van der Waals surface area (Å²) < 4.78 is 21.4. The van der Waals surface area contributed by atoms with Crippen LogP contribution in [0.3, 0.4) is 0 Å². The fourth-order valence-electron chi connectivity index (χ4n) is 2.76. The van der Waals surface area contributed by atoms with Crippen LogP contribution in [0.2, 0.25) is 0 Å². The third-order valence-electron chi connectivity index (χ3n) is 4.17. The van der Waals surface area contributed by atoms with Crippen molar-refractivity contribution in [3.8, 4) is 0 Å². The van der Waals surface area contributed by atoms with Crippen LogP contribution in [-0.4, -0.2) is 21.4 Å². The SMILES string of the molecule is Brc1ccc(B2OB(c3ccc(Br)cc3)OB(c3ccc(Br)cc3)O2)cc1. The predicted octanol–water partition coefficient (Wildman–Crippen LogP) is 3.52. The summed E-state index contributed by atoms with van der Waals surface area (Å²) in [6.45, 7) is 0. The second kappa shape index (κ2) is 8.68. The van der Waals surface area contributed by atoms with E-state index in [1.807, 2.05) is 72.8 Å². The van der Waals surface area contributed by atoms with Crippen LogP contribution in [0.15, 0.2) is 86.2 Å². The smallest absolute Gasteiger partial charge is 0.445 e. The number of benzene rings is 3. The van der Waals surface area contributed by atoms with E-state index in [-0.39, 0.29) is 0 Å². The molecular weight excluding hydrogens is 536 g/mol. The van der Waals surface area contributed by atoms with E-state index in [4.69, 9.17) is 13.7 Å². The van der Waals surface area contributed by atoms with Gasteiger partial charge in [0.15, 0.2) is 0 Å². The number of rotatable bonds is 3. The average Bonchev–Trinajstić information content (AvgIpc) is 2.69. The Hall–Kier alpha value is -0.825. The minimum Gasteiger partial charge on any atom is -0.445 e. The van der Waals surface area contributed by atoms with Gasteiger partial charge in [0.05, 0.1) is 0 Å². The Morgan fingerprint density at radius 1 is 0.407 bits per heavy atom. The van der Waals surface area contributed by atoms with Crippen LogP contribution in [0.4, 0.5) is 0 Å². The lowest BCUT2D eigenvalue weighted by molar-refractivity contribution is 0.308. The Labute approximate surface area is 184 Å². The van der Waals surface area contributed by atoms with Gasteiger partial charge in [0.25, 0.3) is 0 Å². The summed E-state index contributed by atoms with van der Waals surface area (Å²) in [5.41, 5.74) is 2.81. The van der Waals surface area contributed by atoms with Crippen molar-refractivity contribution >= 4 is 85.5 Å². The van der Waals surface area contributed by atoms with Crippen LogP contribution in [0.1, 0.15) is 0 Å². The van der Waals surface area contributed by atoms with E-state index in [1.165, 1.54) is 0 Å². The maximum Gasteiger partial charge on any atom is 0.467 e. The Kier molecular flexibility index (Phi) is 6.26. The van der Waals surface area contributed by atoms with Crippen LogP contribution in [0.25, 0.3) is 0 Å². The van der Waals surface area contributed by atoms with Crippen molar-refractivity contribution in [3.05, 3.63) is 86.2 Å². The van der Waals surface area contributed by atoms with Crippen molar-refractivity contribution in [2.75, 3.05) is 0 Å². The van der Waals surface area contributed by atoms with E-state index in [1.54, 1.807) is 0 Å². The van der Waals surface area contributed by atoms with Crippen LogP contribution < -0.4 is 16.4 Å². The molecule has 3 nitrogen and oxygen atoms in total. The highest BCUT2D eigenvalue weighted by Gasteiger charge is 2.43. The second-order valence-corrected chi connectivity index (χ2v) is 8.81. The van der Waals surface area contributed by atoms with Gasteiger partial charge in [-0.15, -0.1) is 0 Å². The zero-order valence-electron chi connectivity index (χ0n) is 14.0. The van der Waals surface area contributed by atoms with Crippen LogP contribution >= 0.6 is 47.8 Å². The molecule has 0 amide bonds. The molecule has 3 aromatic rings. The van der Waals surface area contributed by atoms with Crippen molar-refractivity contribution in [2.24, 2.45) is 0 Å². The Morgan fingerprint density at radius 3 is 0.852 bits per heavy atom. The molecule has 0 aliphatic carbocycles. The van der Waals surface area contributed by atoms with Crippen LogP contribution in [0, 0.1) is 0 Å². The van der Waals surface area contributed by atoms with Gasteiger partial charge < -0.3 is 13.7 Å². The highest BCUT2D eigenvalue weighted by molar-refractivity contribution is 9.11. The highest BCUT2D eigenvalue weighted by Crippen LogP contribution is 2.14. The van der Waals surface area contributed by atoms with E-state index in [2.05, 4.69) is 47.8 Å². The fraction of sp³-hybridized carbons (Fsp3) is 0. The summed E-state index contributed by atoms with van der Waals surface area (Å²) in [7, 11) is -1.60. The normalized spacial score (nSPS) is 14.6. The Morgan fingerprint density at radius 2 is 0.630 bits per heavy atom. The van der Waals surface area contributed by atoms with E-state index in [0.29, 0.717) is 0 Å². The van der Waals surface area contributed by atoms with E-state index < -0.39 is 21.4 Å². The summed E-state index contributed by atoms with van der Waals surface area (Å²) in [5.74, 6) is 0. The van der Waals surface area contributed by atoms with Gasteiger partial charge in [-0.1, -0.05) is 84.2 Å². The first-order chi connectivity index (χ1) is 13.1. The Bertz CT molecular complexity index is 779. The van der Waals surface area contributed by atoms with Crippen LogP contribution in [-0.2, 0) is 13.7 Å². The minimum absolute atomic E-state index is 0.533. The first-order valence-electron chi connectivity index (χ1n) is 8.31. The summed E-state index contributed by atoms with van der Waals surface area (Å²) >= 11 is 10.4. The molecule has 1 aliphatic rings. The zero-order valence-corrected chi connectivity index (χ0v) is 18.8. The van der Waals surface area contributed by atoms with Gasteiger partial charge in [0, 0.05) is 13.4 Å². The van der Waals surface area contributed by atoms with Gasteiger partial charge in [-0.05, 0) is 52.8 Å². The molecule has 0 saturated carbocycles. The molecular formula is C18H12B3Br3O3. The molecule has 0 N–H and O–H groups in total. The molecule has 1 fully saturated rings. The fourth-order valence-corrected chi connectivity index (χ4v) is 3.56. The summed E-state index contributed by atoms with van der Waals surface area (Å²) in [5, 5.41) is 0. The monoisotopic (exact) mass is 546 g/mol. The van der Waals surface area contributed by atoms with E-state index in [0.717, 1.165) is 29.8 Å². The summed E-state index contributed by atoms with van der Waals surface area (Å²) in [4.78, 5) is 0. The minimum atomic E-state index is -0.533. The van der Waals surface area contributed by atoms with Crippen molar-refractivity contribution < 1.29 is 13.7 Å². The van der Waals surface area contributed by atoms with Gasteiger partial charge in [0.2, 0.25) is 0 Å². The standard InChI is InChI=1S/C18H12B3Br3O3/c22-16-7-1-13(2-8-16)19-25-20(14-3-9-17(23)10-4-14)27-21(26-19)15-5-11-18(24)12-6-15/h1-12H. The molecule has 4 rings (SSSR count). The van der Waals surface area contributed by atoms with Crippen molar-refractivity contribution in [2.45, 2.75) is 0 Å². The number of hydrogen-bond acceptors (Lipinski definition) is 3. The molecule has 132 valence electrons. The van der Waals surface area contributed by atoms with Crippen LogP contribution in [0.5, 0.6) is 0 Å².